The van der Waals surface area contributed by atoms with Crippen molar-refractivity contribution < 1.29 is 14.7 Å². The van der Waals surface area contributed by atoms with Gasteiger partial charge in [0.2, 0.25) is 5.91 Å². The molecule has 0 aliphatic rings. The maximum atomic E-state index is 10.6. The molecule has 0 bridgehead atoms. The van der Waals surface area contributed by atoms with Crippen molar-refractivity contribution in [2.24, 2.45) is 0 Å². The molecule has 5 nitrogen and oxygen atoms in total. The number of hydrogen-bond acceptors (Lipinski definition) is 3. The van der Waals surface area contributed by atoms with Crippen molar-refractivity contribution in [2.75, 3.05) is 6.54 Å². The molecule has 1 amide bonds. The average molecular weight is 246 g/mol. The number of carboxylic acids is 1. The maximum Gasteiger partial charge on any atom is 0.309 e. The molecule has 0 saturated carbocycles. The summed E-state index contributed by atoms with van der Waals surface area (Å²) in [7, 11) is 0. The van der Waals surface area contributed by atoms with Crippen LogP contribution in [-0.4, -0.2) is 28.5 Å². The van der Waals surface area contributed by atoms with E-state index < -0.39 is 5.97 Å². The van der Waals surface area contributed by atoms with Crippen LogP contribution in [0.25, 0.3) is 0 Å². The second-order valence-electron chi connectivity index (χ2n) is 3.64. The standard InChI is InChI=1S/C13H14N2O3/c1-10(16)14-7-3-2-4-11-5-6-12(15-9-11)8-13(17)18/h5-6,9H,3,7-8H2,1H3,(H,14,16)(H,17,18). The van der Waals surface area contributed by atoms with E-state index in [1.54, 1.807) is 18.3 Å². The zero-order valence-electron chi connectivity index (χ0n) is 10.1. The fraction of sp³-hybridized carbons (Fsp3) is 0.308. The number of pyridine rings is 1. The Hall–Kier alpha value is -2.35. The lowest BCUT2D eigenvalue weighted by atomic mass is 10.2. The van der Waals surface area contributed by atoms with Crippen LogP contribution in [0.3, 0.4) is 0 Å². The first-order chi connectivity index (χ1) is 8.58. The summed E-state index contributed by atoms with van der Waals surface area (Å²) in [5.74, 6) is 4.81. The van der Waals surface area contributed by atoms with Crippen LogP contribution < -0.4 is 5.32 Å². The largest absolute Gasteiger partial charge is 0.481 e. The molecule has 1 aromatic rings. The van der Waals surface area contributed by atoms with E-state index in [0.717, 1.165) is 5.56 Å². The number of hydrogen-bond donors (Lipinski definition) is 2. The quantitative estimate of drug-likeness (QED) is 0.602. The summed E-state index contributed by atoms with van der Waals surface area (Å²) in [4.78, 5) is 25.0. The molecule has 1 heterocycles. The van der Waals surface area contributed by atoms with Crippen LogP contribution in [0.4, 0.5) is 0 Å². The van der Waals surface area contributed by atoms with E-state index in [2.05, 4.69) is 22.1 Å². The van der Waals surface area contributed by atoms with Gasteiger partial charge in [0.05, 0.1) is 12.1 Å². The van der Waals surface area contributed by atoms with Gasteiger partial charge in [0.15, 0.2) is 0 Å². The third kappa shape index (κ3) is 5.66. The summed E-state index contributed by atoms with van der Waals surface area (Å²) in [5.41, 5.74) is 1.23. The van der Waals surface area contributed by atoms with E-state index in [-0.39, 0.29) is 12.3 Å². The van der Waals surface area contributed by atoms with Gasteiger partial charge >= 0.3 is 5.97 Å². The first-order valence-electron chi connectivity index (χ1n) is 5.48. The Morgan fingerprint density at radius 1 is 1.44 bits per heavy atom. The number of aromatic nitrogens is 1. The van der Waals surface area contributed by atoms with Gasteiger partial charge in [0.1, 0.15) is 0 Å². The third-order valence-corrected chi connectivity index (χ3v) is 2.01. The molecule has 1 rings (SSSR count). The molecule has 18 heavy (non-hydrogen) atoms. The molecule has 2 N–H and O–H groups in total. The van der Waals surface area contributed by atoms with Gasteiger partial charge in [-0.25, -0.2) is 0 Å². The van der Waals surface area contributed by atoms with Crippen molar-refractivity contribution in [3.05, 3.63) is 29.6 Å². The normalized spacial score (nSPS) is 9.17. The van der Waals surface area contributed by atoms with Crippen LogP contribution in [0.2, 0.25) is 0 Å². The monoisotopic (exact) mass is 246 g/mol. The van der Waals surface area contributed by atoms with E-state index in [9.17, 15) is 9.59 Å². The van der Waals surface area contributed by atoms with E-state index in [1.165, 1.54) is 6.92 Å². The Kier molecular flexibility index (Phi) is 5.39. The highest BCUT2D eigenvalue weighted by Gasteiger charge is 2.00. The molecule has 0 atom stereocenters. The summed E-state index contributed by atoms with van der Waals surface area (Å²) in [5, 5.41) is 11.2. The maximum absolute atomic E-state index is 10.6. The number of rotatable bonds is 4. The topological polar surface area (TPSA) is 79.3 Å². The van der Waals surface area contributed by atoms with Crippen LogP contribution in [-0.2, 0) is 16.0 Å². The number of carbonyl (C=O) groups excluding carboxylic acids is 1. The summed E-state index contributed by atoms with van der Waals surface area (Å²) in [6, 6.07) is 3.38. The minimum absolute atomic E-state index is 0.0727. The Bertz CT molecular complexity index is 483. The highest BCUT2D eigenvalue weighted by molar-refractivity contribution is 5.72. The zero-order valence-corrected chi connectivity index (χ0v) is 10.1. The van der Waals surface area contributed by atoms with E-state index in [4.69, 9.17) is 5.11 Å². The van der Waals surface area contributed by atoms with Crippen molar-refractivity contribution in [2.45, 2.75) is 19.8 Å². The molecule has 0 saturated heterocycles. The molecule has 5 heteroatoms. The molecule has 0 aromatic carbocycles. The summed E-state index contributed by atoms with van der Waals surface area (Å²) in [6.07, 6.45) is 2.02. The molecule has 0 radical (unpaired) electrons. The van der Waals surface area contributed by atoms with Crippen molar-refractivity contribution in [1.29, 1.82) is 0 Å². The minimum atomic E-state index is -0.906. The third-order valence-electron chi connectivity index (χ3n) is 2.01. The summed E-state index contributed by atoms with van der Waals surface area (Å²) in [6.45, 7) is 1.98. The van der Waals surface area contributed by atoms with Crippen molar-refractivity contribution in [3.63, 3.8) is 0 Å². The highest BCUT2D eigenvalue weighted by Crippen LogP contribution is 1.99. The minimum Gasteiger partial charge on any atom is -0.481 e. The summed E-state index contributed by atoms with van der Waals surface area (Å²) >= 11 is 0. The van der Waals surface area contributed by atoms with Gasteiger partial charge in [-0.05, 0) is 12.1 Å². The van der Waals surface area contributed by atoms with E-state index in [1.807, 2.05) is 0 Å². The summed E-state index contributed by atoms with van der Waals surface area (Å²) < 4.78 is 0. The van der Waals surface area contributed by atoms with Gasteiger partial charge in [-0.3, -0.25) is 14.6 Å². The van der Waals surface area contributed by atoms with Gasteiger partial charge in [-0.2, -0.15) is 0 Å². The van der Waals surface area contributed by atoms with E-state index in [0.29, 0.717) is 18.7 Å². The first kappa shape index (κ1) is 13.7. The second kappa shape index (κ2) is 7.07. The van der Waals surface area contributed by atoms with Gasteiger partial charge in [-0.15, -0.1) is 0 Å². The molecule has 1 aromatic heterocycles. The predicted octanol–water partition coefficient (Wildman–Crippen LogP) is 0.586. The molecular formula is C13H14N2O3. The van der Waals surface area contributed by atoms with Crippen LogP contribution >= 0.6 is 0 Å². The van der Waals surface area contributed by atoms with Crippen LogP contribution in [0.5, 0.6) is 0 Å². The fourth-order valence-corrected chi connectivity index (χ4v) is 1.22. The molecule has 0 aliphatic heterocycles. The van der Waals surface area contributed by atoms with Crippen LogP contribution in [0, 0.1) is 11.8 Å². The lowest BCUT2D eigenvalue weighted by Crippen LogP contribution is -2.20. The van der Waals surface area contributed by atoms with Gasteiger partial charge < -0.3 is 10.4 Å². The van der Waals surface area contributed by atoms with Crippen molar-refractivity contribution in [1.82, 2.24) is 10.3 Å². The first-order valence-corrected chi connectivity index (χ1v) is 5.48. The average Bonchev–Trinajstić information content (AvgIpc) is 2.30. The lowest BCUT2D eigenvalue weighted by Gasteiger charge is -1.96. The smallest absolute Gasteiger partial charge is 0.309 e. The molecule has 0 unspecified atom stereocenters. The Balaban J connectivity index is 2.46. The zero-order chi connectivity index (χ0) is 13.4. The van der Waals surface area contributed by atoms with E-state index >= 15 is 0 Å². The van der Waals surface area contributed by atoms with Gasteiger partial charge in [0, 0.05) is 31.6 Å². The predicted molar refractivity (Wildman–Crippen MR) is 65.8 cm³/mol. The van der Waals surface area contributed by atoms with Crippen LogP contribution in [0.1, 0.15) is 24.6 Å². The molecular weight excluding hydrogens is 232 g/mol. The van der Waals surface area contributed by atoms with Crippen LogP contribution in [0.15, 0.2) is 18.3 Å². The molecule has 0 aliphatic carbocycles. The van der Waals surface area contributed by atoms with Gasteiger partial charge in [-0.1, -0.05) is 11.8 Å². The van der Waals surface area contributed by atoms with Crippen molar-refractivity contribution in [3.8, 4) is 11.8 Å². The highest BCUT2D eigenvalue weighted by atomic mass is 16.4. The number of carboxylic acid groups (broad SMARTS) is 1. The Morgan fingerprint density at radius 3 is 2.78 bits per heavy atom. The number of aliphatic carboxylic acids is 1. The number of amides is 1. The SMILES string of the molecule is CC(=O)NCCC#Cc1ccc(CC(=O)O)nc1. The lowest BCUT2D eigenvalue weighted by molar-refractivity contribution is -0.136. The molecule has 0 spiro atoms. The Morgan fingerprint density at radius 2 is 2.22 bits per heavy atom. The Labute approximate surface area is 105 Å². The number of carbonyl (C=O) groups is 2. The fourth-order valence-electron chi connectivity index (χ4n) is 1.22. The van der Waals surface area contributed by atoms with Gasteiger partial charge in [0.25, 0.3) is 0 Å². The molecule has 94 valence electrons. The van der Waals surface area contributed by atoms with Crippen molar-refractivity contribution >= 4 is 11.9 Å². The molecule has 0 fully saturated rings. The number of nitrogens with zero attached hydrogens (tertiary/aromatic N) is 1. The second-order valence-corrected chi connectivity index (χ2v) is 3.64. The number of nitrogens with one attached hydrogen (secondary N) is 1.